The van der Waals surface area contributed by atoms with Gasteiger partial charge in [0.2, 0.25) is 0 Å². The zero-order valence-electron chi connectivity index (χ0n) is 11.4. The van der Waals surface area contributed by atoms with E-state index < -0.39 is 0 Å². The molecule has 3 nitrogen and oxygen atoms in total. The molecule has 0 fully saturated rings. The van der Waals surface area contributed by atoms with Crippen LogP contribution in [0.15, 0.2) is 59.2 Å². The Bertz CT molecular complexity index is 830. The van der Waals surface area contributed by atoms with Crippen molar-refractivity contribution in [2.75, 3.05) is 5.32 Å². The summed E-state index contributed by atoms with van der Waals surface area (Å²) in [6.45, 7) is 1.89. The third-order valence-corrected chi connectivity index (χ3v) is 3.71. The van der Waals surface area contributed by atoms with Crippen LogP contribution in [0, 0.1) is 6.92 Å². The number of pyridine rings is 1. The van der Waals surface area contributed by atoms with Gasteiger partial charge in [-0.25, -0.2) is 0 Å². The number of rotatable bonds is 2. The number of amides is 1. The van der Waals surface area contributed by atoms with Gasteiger partial charge >= 0.3 is 0 Å². The summed E-state index contributed by atoms with van der Waals surface area (Å²) in [6.07, 6.45) is 1.68. The SMILES string of the molecule is Cc1cc(NC(=O)c2ccc3cc(Br)ccc3c2)ccn1. The van der Waals surface area contributed by atoms with E-state index in [2.05, 4.69) is 26.2 Å². The lowest BCUT2D eigenvalue weighted by atomic mass is 10.1. The summed E-state index contributed by atoms with van der Waals surface area (Å²) >= 11 is 3.45. The number of carbonyl (C=O) groups excluding carboxylic acids is 1. The first-order valence-corrected chi connectivity index (χ1v) is 7.34. The van der Waals surface area contributed by atoms with Gasteiger partial charge in [0, 0.05) is 27.6 Å². The lowest BCUT2D eigenvalue weighted by Crippen LogP contribution is -2.11. The Morgan fingerprint density at radius 3 is 2.62 bits per heavy atom. The first-order chi connectivity index (χ1) is 10.1. The first kappa shape index (κ1) is 13.8. The van der Waals surface area contributed by atoms with Crippen molar-refractivity contribution in [3.8, 4) is 0 Å². The van der Waals surface area contributed by atoms with Crippen molar-refractivity contribution in [1.82, 2.24) is 4.98 Å². The maximum atomic E-state index is 12.3. The second-order valence-corrected chi connectivity index (χ2v) is 5.76. The summed E-state index contributed by atoms with van der Waals surface area (Å²) < 4.78 is 1.03. The number of nitrogens with zero attached hydrogens (tertiary/aromatic N) is 1. The highest BCUT2D eigenvalue weighted by Crippen LogP contribution is 2.21. The Hall–Kier alpha value is -2.20. The van der Waals surface area contributed by atoms with E-state index in [1.54, 1.807) is 12.3 Å². The molecule has 0 saturated carbocycles. The maximum absolute atomic E-state index is 12.3. The van der Waals surface area contributed by atoms with Gasteiger partial charge < -0.3 is 5.32 Å². The number of halogens is 1. The molecule has 104 valence electrons. The van der Waals surface area contributed by atoms with E-state index in [9.17, 15) is 4.79 Å². The fourth-order valence-corrected chi connectivity index (χ4v) is 2.56. The Labute approximate surface area is 131 Å². The molecule has 1 heterocycles. The average molecular weight is 341 g/mol. The molecular formula is C17H13BrN2O. The molecule has 0 unspecified atom stereocenters. The van der Waals surface area contributed by atoms with Gasteiger partial charge in [-0.15, -0.1) is 0 Å². The molecule has 0 aliphatic heterocycles. The predicted molar refractivity (Wildman–Crippen MR) is 88.6 cm³/mol. The third kappa shape index (κ3) is 3.11. The molecule has 3 rings (SSSR count). The van der Waals surface area contributed by atoms with Crippen molar-refractivity contribution < 1.29 is 4.79 Å². The van der Waals surface area contributed by atoms with Crippen molar-refractivity contribution in [3.63, 3.8) is 0 Å². The molecule has 0 saturated heterocycles. The van der Waals surface area contributed by atoms with Gasteiger partial charge in [-0.3, -0.25) is 9.78 Å². The van der Waals surface area contributed by atoms with E-state index in [1.807, 2.05) is 49.4 Å². The summed E-state index contributed by atoms with van der Waals surface area (Å²) in [5.74, 6) is -0.120. The molecule has 0 atom stereocenters. The quantitative estimate of drug-likeness (QED) is 0.743. The van der Waals surface area contributed by atoms with Crippen LogP contribution in [0.1, 0.15) is 16.1 Å². The molecule has 1 aromatic heterocycles. The van der Waals surface area contributed by atoms with E-state index >= 15 is 0 Å². The van der Waals surface area contributed by atoms with Crippen LogP contribution in [0.5, 0.6) is 0 Å². The van der Waals surface area contributed by atoms with Crippen molar-refractivity contribution >= 4 is 38.3 Å². The maximum Gasteiger partial charge on any atom is 0.255 e. The Kier molecular flexibility index (Phi) is 3.71. The number of carbonyl (C=O) groups is 1. The highest BCUT2D eigenvalue weighted by atomic mass is 79.9. The number of aromatic nitrogens is 1. The van der Waals surface area contributed by atoms with Crippen LogP contribution >= 0.6 is 15.9 Å². The van der Waals surface area contributed by atoms with E-state index in [4.69, 9.17) is 0 Å². The number of hydrogen-bond donors (Lipinski definition) is 1. The predicted octanol–water partition coefficient (Wildman–Crippen LogP) is 4.56. The summed E-state index contributed by atoms with van der Waals surface area (Å²) in [6, 6.07) is 15.3. The van der Waals surface area contributed by atoms with Gasteiger partial charge in [-0.2, -0.15) is 0 Å². The molecule has 0 aliphatic carbocycles. The van der Waals surface area contributed by atoms with E-state index in [1.165, 1.54) is 0 Å². The van der Waals surface area contributed by atoms with Crippen molar-refractivity contribution in [1.29, 1.82) is 0 Å². The molecular weight excluding hydrogens is 328 g/mol. The zero-order chi connectivity index (χ0) is 14.8. The van der Waals surface area contributed by atoms with Gasteiger partial charge in [-0.05, 0) is 54.1 Å². The van der Waals surface area contributed by atoms with Crippen LogP contribution < -0.4 is 5.32 Å². The fourth-order valence-electron chi connectivity index (χ4n) is 2.18. The molecule has 0 radical (unpaired) electrons. The molecule has 0 bridgehead atoms. The Morgan fingerprint density at radius 2 is 1.81 bits per heavy atom. The minimum atomic E-state index is -0.120. The average Bonchev–Trinajstić information content (AvgIpc) is 2.46. The number of anilines is 1. The highest BCUT2D eigenvalue weighted by molar-refractivity contribution is 9.10. The topological polar surface area (TPSA) is 42.0 Å². The monoisotopic (exact) mass is 340 g/mol. The van der Waals surface area contributed by atoms with Crippen LogP contribution in [0.4, 0.5) is 5.69 Å². The molecule has 0 spiro atoms. The number of fused-ring (bicyclic) bond motifs is 1. The summed E-state index contributed by atoms with van der Waals surface area (Å²) in [4.78, 5) is 16.4. The molecule has 4 heteroatoms. The second kappa shape index (κ2) is 5.66. The van der Waals surface area contributed by atoms with Crippen LogP contribution in [-0.2, 0) is 0 Å². The van der Waals surface area contributed by atoms with E-state index in [0.29, 0.717) is 5.56 Å². The lowest BCUT2D eigenvalue weighted by molar-refractivity contribution is 0.102. The molecule has 1 amide bonds. The van der Waals surface area contributed by atoms with Crippen molar-refractivity contribution in [3.05, 3.63) is 70.5 Å². The Morgan fingerprint density at radius 1 is 1.05 bits per heavy atom. The molecule has 3 aromatic rings. The number of aryl methyl sites for hydroxylation is 1. The van der Waals surface area contributed by atoms with Gasteiger partial charge in [0.25, 0.3) is 5.91 Å². The Balaban J connectivity index is 1.89. The van der Waals surface area contributed by atoms with Crippen LogP contribution in [0.2, 0.25) is 0 Å². The third-order valence-electron chi connectivity index (χ3n) is 3.22. The van der Waals surface area contributed by atoms with Gasteiger partial charge in [0.05, 0.1) is 0 Å². The smallest absolute Gasteiger partial charge is 0.255 e. The van der Waals surface area contributed by atoms with Gasteiger partial charge in [0.15, 0.2) is 0 Å². The summed E-state index contributed by atoms with van der Waals surface area (Å²) in [5.41, 5.74) is 2.26. The summed E-state index contributed by atoms with van der Waals surface area (Å²) in [7, 11) is 0. The molecule has 1 N–H and O–H groups in total. The van der Waals surface area contributed by atoms with Crippen LogP contribution in [-0.4, -0.2) is 10.9 Å². The number of hydrogen-bond acceptors (Lipinski definition) is 2. The van der Waals surface area contributed by atoms with Crippen LogP contribution in [0.25, 0.3) is 10.8 Å². The van der Waals surface area contributed by atoms with Crippen LogP contribution in [0.3, 0.4) is 0 Å². The van der Waals surface area contributed by atoms with Gasteiger partial charge in [0.1, 0.15) is 0 Å². The summed E-state index contributed by atoms with van der Waals surface area (Å²) in [5, 5.41) is 5.02. The normalized spacial score (nSPS) is 10.6. The largest absolute Gasteiger partial charge is 0.322 e. The molecule has 21 heavy (non-hydrogen) atoms. The molecule has 0 aliphatic rings. The van der Waals surface area contributed by atoms with E-state index in [0.717, 1.165) is 26.6 Å². The fraction of sp³-hybridized carbons (Fsp3) is 0.0588. The number of benzene rings is 2. The van der Waals surface area contributed by atoms with Gasteiger partial charge in [-0.1, -0.05) is 28.1 Å². The minimum Gasteiger partial charge on any atom is -0.322 e. The molecule has 2 aromatic carbocycles. The van der Waals surface area contributed by atoms with Crippen molar-refractivity contribution in [2.45, 2.75) is 6.92 Å². The highest BCUT2D eigenvalue weighted by Gasteiger charge is 2.07. The zero-order valence-corrected chi connectivity index (χ0v) is 13.0. The second-order valence-electron chi connectivity index (χ2n) is 4.85. The standard InChI is InChI=1S/C17H13BrN2O/c1-11-8-16(6-7-19-11)20-17(21)14-3-2-13-10-15(18)5-4-12(13)9-14/h2-10H,1H3,(H,19,20,21). The minimum absolute atomic E-state index is 0.120. The van der Waals surface area contributed by atoms with Crippen molar-refractivity contribution in [2.24, 2.45) is 0 Å². The number of nitrogens with one attached hydrogen (secondary N) is 1. The lowest BCUT2D eigenvalue weighted by Gasteiger charge is -2.07. The van der Waals surface area contributed by atoms with E-state index in [-0.39, 0.29) is 5.91 Å². The first-order valence-electron chi connectivity index (χ1n) is 6.55.